The second-order valence-electron chi connectivity index (χ2n) is 9.69. The van der Waals surface area contributed by atoms with Gasteiger partial charge in [0.05, 0.1) is 12.4 Å². The van der Waals surface area contributed by atoms with Crippen LogP contribution in [0.15, 0.2) is 24.8 Å². The molecular weight excluding hydrogens is 627 g/mol. The number of fused-ring (bicyclic) bond motifs is 1. The summed E-state index contributed by atoms with van der Waals surface area (Å²) < 4.78 is 99.0. The smallest absolute Gasteiger partial charge is 0.475 e. The molecule has 0 spiro atoms. The monoisotopic (exact) mass is 656 g/mol. The minimum atomic E-state index is -5.08. The van der Waals surface area contributed by atoms with E-state index in [1.807, 2.05) is 35.9 Å². The fourth-order valence-corrected chi connectivity index (χ4v) is 4.24. The van der Waals surface area contributed by atoms with Crippen LogP contribution in [0.1, 0.15) is 17.5 Å². The van der Waals surface area contributed by atoms with Gasteiger partial charge in [0.15, 0.2) is 0 Å². The summed E-state index contributed by atoms with van der Waals surface area (Å²) in [6, 6.07) is 0. The van der Waals surface area contributed by atoms with Crippen LogP contribution >= 0.6 is 0 Å². The molecule has 0 amide bonds. The first-order valence-corrected chi connectivity index (χ1v) is 12.3. The molecule has 2 aromatic heterocycles. The maximum atomic E-state index is 10.6. The number of aliphatic carboxylic acids is 3. The highest BCUT2D eigenvalue weighted by Gasteiger charge is 2.40. The number of piperidine rings is 1. The van der Waals surface area contributed by atoms with Crippen LogP contribution in [0.5, 0.6) is 0 Å². The van der Waals surface area contributed by atoms with E-state index >= 15 is 0 Å². The molecule has 12 nitrogen and oxygen atoms in total. The van der Waals surface area contributed by atoms with Gasteiger partial charge in [-0.3, -0.25) is 19.2 Å². The Bertz CT molecular complexity index is 1130. The fourth-order valence-electron chi connectivity index (χ4n) is 4.24. The summed E-state index contributed by atoms with van der Waals surface area (Å²) in [6.45, 7) is 7.01. The Kier molecular flexibility index (Phi) is 13.6. The summed E-state index contributed by atoms with van der Waals surface area (Å²) >= 11 is 0. The zero-order valence-corrected chi connectivity index (χ0v) is 23.1. The number of halogens is 9. The molecule has 21 heteroatoms. The summed E-state index contributed by atoms with van der Waals surface area (Å²) in [6.07, 6.45) is -5.66. The van der Waals surface area contributed by atoms with Crippen molar-refractivity contribution in [3.63, 3.8) is 0 Å². The molecule has 0 aromatic carbocycles. The molecule has 2 atom stereocenters. The van der Waals surface area contributed by atoms with Gasteiger partial charge in [0.1, 0.15) is 0 Å². The Hall–Kier alpha value is -3.88. The first-order valence-electron chi connectivity index (χ1n) is 12.3. The average Bonchev–Trinajstić information content (AvgIpc) is 3.58. The highest BCUT2D eigenvalue weighted by molar-refractivity contribution is 5.73. The van der Waals surface area contributed by atoms with Crippen LogP contribution in [0.2, 0.25) is 0 Å². The molecule has 250 valence electrons. The Morgan fingerprint density at radius 1 is 0.682 bits per heavy atom. The minimum Gasteiger partial charge on any atom is -0.475 e. The van der Waals surface area contributed by atoms with Gasteiger partial charge in [-0.05, 0) is 24.8 Å². The third-order valence-corrected chi connectivity index (χ3v) is 6.02. The highest BCUT2D eigenvalue weighted by Crippen LogP contribution is 2.32. The van der Waals surface area contributed by atoms with Crippen LogP contribution in [0.4, 0.5) is 39.5 Å². The number of likely N-dealkylation sites (tertiary alicyclic amines) is 2. The van der Waals surface area contributed by atoms with Gasteiger partial charge >= 0.3 is 36.4 Å². The van der Waals surface area contributed by atoms with Crippen molar-refractivity contribution in [3.05, 3.63) is 35.9 Å². The van der Waals surface area contributed by atoms with Gasteiger partial charge in [0.2, 0.25) is 0 Å². The van der Waals surface area contributed by atoms with Crippen LogP contribution in [0, 0.1) is 11.8 Å². The summed E-state index contributed by atoms with van der Waals surface area (Å²) in [5.41, 5.74) is 2.66. The molecule has 0 bridgehead atoms. The average molecular weight is 657 g/mol. The van der Waals surface area contributed by atoms with E-state index in [-0.39, 0.29) is 0 Å². The second-order valence-corrected chi connectivity index (χ2v) is 9.69. The Labute approximate surface area is 243 Å². The van der Waals surface area contributed by atoms with Gasteiger partial charge in [0.25, 0.3) is 0 Å². The molecule has 2 aliphatic rings. The zero-order valence-electron chi connectivity index (χ0n) is 23.1. The largest absolute Gasteiger partial charge is 0.490 e. The SMILES string of the molecule is Cn1cc(CN2CC[C@@H]3CN(Cc4cnn(C)c4)C[C@H]3C2)cn1.O=C(O)C(F)(F)F.O=C(O)C(F)(F)F.O=C(O)C(F)(F)F. The van der Waals surface area contributed by atoms with E-state index in [1.165, 1.54) is 43.7 Å². The molecule has 2 fully saturated rings. The Morgan fingerprint density at radius 3 is 1.32 bits per heavy atom. The van der Waals surface area contributed by atoms with Crippen molar-refractivity contribution < 1.29 is 69.2 Å². The molecule has 2 aliphatic heterocycles. The van der Waals surface area contributed by atoms with Crippen LogP contribution in [-0.2, 0) is 41.6 Å². The third-order valence-electron chi connectivity index (χ3n) is 6.02. The molecule has 4 heterocycles. The van der Waals surface area contributed by atoms with Gasteiger partial charge in [-0.1, -0.05) is 0 Å². The number of carboxylic acids is 3. The van der Waals surface area contributed by atoms with Gasteiger partial charge in [-0.2, -0.15) is 49.7 Å². The van der Waals surface area contributed by atoms with E-state index in [9.17, 15) is 39.5 Å². The number of aromatic nitrogens is 4. The topological polar surface area (TPSA) is 154 Å². The first kappa shape index (κ1) is 38.1. The maximum Gasteiger partial charge on any atom is 0.490 e. The lowest BCUT2D eigenvalue weighted by Gasteiger charge is -2.34. The Morgan fingerprint density at radius 2 is 1.00 bits per heavy atom. The van der Waals surface area contributed by atoms with Crippen LogP contribution < -0.4 is 0 Å². The van der Waals surface area contributed by atoms with E-state index in [0.717, 1.165) is 24.9 Å². The van der Waals surface area contributed by atoms with Crippen molar-refractivity contribution in [2.24, 2.45) is 25.9 Å². The van der Waals surface area contributed by atoms with Crippen LogP contribution in [0.25, 0.3) is 0 Å². The Balaban J connectivity index is 0.000000379. The van der Waals surface area contributed by atoms with Crippen molar-refractivity contribution in [1.82, 2.24) is 29.4 Å². The third kappa shape index (κ3) is 14.1. The van der Waals surface area contributed by atoms with E-state index in [4.69, 9.17) is 29.7 Å². The van der Waals surface area contributed by atoms with E-state index in [0.29, 0.717) is 0 Å². The molecule has 44 heavy (non-hydrogen) atoms. The van der Waals surface area contributed by atoms with Crippen molar-refractivity contribution in [1.29, 1.82) is 0 Å². The maximum absolute atomic E-state index is 10.6. The van der Waals surface area contributed by atoms with Crippen molar-refractivity contribution >= 4 is 17.9 Å². The molecule has 3 N–H and O–H groups in total. The number of rotatable bonds is 4. The standard InChI is InChI=1S/C17H26N6.3C2HF3O2/c1-20-7-14(5-18-20)9-22-4-3-16-11-23(13-17(16)12-22)10-15-6-19-21(2)8-15;3*3-2(4,5)1(6)7/h5-8,16-17H,3-4,9-13H2,1-2H3;3*(H,6,7)/t16-,17-;;;/m1.../s1. The number of carboxylic acid groups (broad SMARTS) is 3. The minimum absolute atomic E-state index is 0.817. The molecule has 0 saturated carbocycles. The van der Waals surface area contributed by atoms with E-state index < -0.39 is 36.4 Å². The van der Waals surface area contributed by atoms with E-state index in [2.05, 4.69) is 32.4 Å². The molecule has 0 radical (unpaired) electrons. The second kappa shape index (κ2) is 15.7. The fraction of sp³-hybridized carbons (Fsp3) is 0.609. The van der Waals surface area contributed by atoms with Crippen LogP contribution in [0.3, 0.4) is 0 Å². The lowest BCUT2D eigenvalue weighted by atomic mass is 9.88. The number of carbonyl (C=O) groups is 3. The number of nitrogens with zero attached hydrogens (tertiary/aromatic N) is 6. The van der Waals surface area contributed by atoms with Crippen molar-refractivity contribution in [2.75, 3.05) is 26.2 Å². The molecule has 2 saturated heterocycles. The van der Waals surface area contributed by atoms with Gasteiger partial charge in [0, 0.05) is 70.3 Å². The summed E-state index contributed by atoms with van der Waals surface area (Å²) in [7, 11) is 3.98. The molecule has 0 unspecified atom stereocenters. The zero-order chi connectivity index (χ0) is 34.0. The highest BCUT2D eigenvalue weighted by atomic mass is 19.4. The van der Waals surface area contributed by atoms with Crippen LogP contribution in [-0.4, -0.2) is 107 Å². The van der Waals surface area contributed by atoms with Crippen molar-refractivity contribution in [2.45, 2.75) is 38.0 Å². The predicted octanol–water partition coefficient (Wildman–Crippen LogP) is 3.01. The predicted molar refractivity (Wildman–Crippen MR) is 130 cm³/mol. The molecule has 4 rings (SSSR count). The lowest BCUT2D eigenvalue weighted by Crippen LogP contribution is -2.39. The number of hydrogen-bond acceptors (Lipinski definition) is 7. The molecule has 2 aromatic rings. The summed E-state index contributed by atoms with van der Waals surface area (Å²) in [5, 5.41) is 29.9. The molecular formula is C23H29F9N6O6. The molecule has 0 aliphatic carbocycles. The van der Waals surface area contributed by atoms with Gasteiger partial charge < -0.3 is 15.3 Å². The summed E-state index contributed by atoms with van der Waals surface area (Å²) in [4.78, 5) is 31.9. The summed E-state index contributed by atoms with van der Waals surface area (Å²) in [5.74, 6) is -6.58. The first-order chi connectivity index (χ1) is 20.0. The van der Waals surface area contributed by atoms with Gasteiger partial charge in [-0.25, -0.2) is 14.4 Å². The number of alkyl halides is 9. The lowest BCUT2D eigenvalue weighted by molar-refractivity contribution is -0.193. The quantitative estimate of drug-likeness (QED) is 0.419. The number of aryl methyl sites for hydroxylation is 2. The van der Waals surface area contributed by atoms with E-state index in [1.54, 1.807) is 0 Å². The van der Waals surface area contributed by atoms with Crippen molar-refractivity contribution in [3.8, 4) is 0 Å². The van der Waals surface area contributed by atoms with Gasteiger partial charge in [-0.15, -0.1) is 0 Å². The number of hydrogen-bond donors (Lipinski definition) is 3. The normalized spacial score (nSPS) is 18.9.